The molecule has 3 rings (SSSR count). The summed E-state index contributed by atoms with van der Waals surface area (Å²) in [6.45, 7) is 0.548. The minimum atomic E-state index is -0.473. The predicted molar refractivity (Wildman–Crippen MR) is 74.2 cm³/mol. The van der Waals surface area contributed by atoms with Crippen molar-refractivity contribution < 1.29 is 23.4 Å². The Morgan fingerprint density at radius 3 is 3.00 bits per heavy atom. The Hall–Kier alpha value is -2.12. The molecule has 0 bridgehead atoms. The molecular weight excluding hydrogens is 315 g/mol. The van der Waals surface area contributed by atoms with Gasteiger partial charge in [0.1, 0.15) is 17.8 Å². The number of amides is 1. The number of rotatable bonds is 4. The van der Waals surface area contributed by atoms with E-state index in [4.69, 9.17) is 20.8 Å². The highest BCUT2D eigenvalue weighted by molar-refractivity contribution is 6.32. The Balaban J connectivity index is 1.61. The van der Waals surface area contributed by atoms with E-state index in [9.17, 15) is 14.3 Å². The van der Waals surface area contributed by atoms with Gasteiger partial charge < -0.3 is 19.2 Å². The summed E-state index contributed by atoms with van der Waals surface area (Å²) in [7, 11) is 0. The predicted octanol–water partition coefficient (Wildman–Crippen LogP) is 1.86. The third-order valence-corrected chi connectivity index (χ3v) is 3.46. The van der Waals surface area contributed by atoms with E-state index < -0.39 is 11.9 Å². The van der Waals surface area contributed by atoms with Crippen molar-refractivity contribution in [2.24, 2.45) is 0 Å². The van der Waals surface area contributed by atoms with Gasteiger partial charge in [-0.2, -0.15) is 0 Å². The SMILES string of the molecule is O=C(c1coc(COc2ccc(F)cc2Cl)n1)N1CC(O)C1. The molecule has 6 nitrogen and oxygen atoms in total. The van der Waals surface area contributed by atoms with Gasteiger partial charge in [-0.15, -0.1) is 0 Å². The number of aliphatic hydroxyl groups is 1. The highest BCUT2D eigenvalue weighted by Gasteiger charge is 2.31. The van der Waals surface area contributed by atoms with E-state index in [1.165, 1.54) is 23.3 Å². The molecule has 1 aliphatic heterocycles. The summed E-state index contributed by atoms with van der Waals surface area (Å²) in [5.74, 6) is -0.275. The third-order valence-electron chi connectivity index (χ3n) is 3.17. The van der Waals surface area contributed by atoms with Crippen LogP contribution in [-0.4, -0.2) is 40.1 Å². The Kier molecular flexibility index (Phi) is 4.00. The summed E-state index contributed by atoms with van der Waals surface area (Å²) in [5.41, 5.74) is 0.149. The maximum atomic E-state index is 12.9. The zero-order chi connectivity index (χ0) is 15.7. The fourth-order valence-electron chi connectivity index (χ4n) is 1.99. The Morgan fingerprint density at radius 1 is 1.55 bits per heavy atom. The van der Waals surface area contributed by atoms with Crippen molar-refractivity contribution in [3.8, 4) is 5.75 Å². The van der Waals surface area contributed by atoms with Crippen molar-refractivity contribution >= 4 is 17.5 Å². The molecule has 0 atom stereocenters. The van der Waals surface area contributed by atoms with Crippen LogP contribution in [0.4, 0.5) is 4.39 Å². The molecule has 2 heterocycles. The van der Waals surface area contributed by atoms with Gasteiger partial charge in [0.2, 0.25) is 5.89 Å². The summed E-state index contributed by atoms with van der Waals surface area (Å²) in [4.78, 5) is 17.4. The second-order valence-electron chi connectivity index (χ2n) is 4.85. The normalized spacial score (nSPS) is 14.8. The lowest BCUT2D eigenvalue weighted by atomic mass is 10.1. The van der Waals surface area contributed by atoms with E-state index in [-0.39, 0.29) is 29.1 Å². The van der Waals surface area contributed by atoms with Crippen LogP contribution < -0.4 is 4.74 Å². The zero-order valence-corrected chi connectivity index (χ0v) is 12.1. The van der Waals surface area contributed by atoms with Crippen molar-refractivity contribution in [3.05, 3.63) is 46.9 Å². The van der Waals surface area contributed by atoms with Gasteiger partial charge in [-0.1, -0.05) is 11.6 Å². The minimum absolute atomic E-state index is 0.0404. The second kappa shape index (κ2) is 5.94. The Labute approximate surface area is 130 Å². The van der Waals surface area contributed by atoms with Crippen molar-refractivity contribution in [1.82, 2.24) is 9.88 Å². The number of aliphatic hydroxyl groups excluding tert-OH is 1. The molecule has 22 heavy (non-hydrogen) atoms. The molecule has 2 aromatic rings. The molecule has 1 N–H and O–H groups in total. The monoisotopic (exact) mass is 326 g/mol. The molecule has 0 aliphatic carbocycles. The molecule has 0 saturated carbocycles. The maximum absolute atomic E-state index is 12.9. The quantitative estimate of drug-likeness (QED) is 0.928. The molecule has 1 aromatic heterocycles. The number of carbonyl (C=O) groups excluding carboxylic acids is 1. The molecule has 1 fully saturated rings. The smallest absolute Gasteiger partial charge is 0.275 e. The molecular formula is C14H12ClFN2O4. The molecule has 1 aromatic carbocycles. The van der Waals surface area contributed by atoms with Crippen LogP contribution >= 0.6 is 11.6 Å². The van der Waals surface area contributed by atoms with Crippen molar-refractivity contribution in [1.29, 1.82) is 0 Å². The summed E-state index contributed by atoms with van der Waals surface area (Å²) >= 11 is 5.83. The van der Waals surface area contributed by atoms with Crippen LogP contribution in [0.15, 0.2) is 28.9 Å². The lowest BCUT2D eigenvalue weighted by molar-refractivity contribution is 0.00549. The van der Waals surface area contributed by atoms with Gasteiger partial charge in [0, 0.05) is 13.1 Å². The molecule has 0 spiro atoms. The Morgan fingerprint density at radius 2 is 2.32 bits per heavy atom. The van der Waals surface area contributed by atoms with Gasteiger partial charge in [0.15, 0.2) is 12.3 Å². The zero-order valence-electron chi connectivity index (χ0n) is 11.3. The summed E-state index contributed by atoms with van der Waals surface area (Å²) in [6, 6.07) is 3.76. The number of ether oxygens (including phenoxy) is 1. The van der Waals surface area contributed by atoms with Crippen LogP contribution in [0.2, 0.25) is 5.02 Å². The van der Waals surface area contributed by atoms with E-state index in [2.05, 4.69) is 4.98 Å². The van der Waals surface area contributed by atoms with E-state index in [0.29, 0.717) is 18.8 Å². The summed E-state index contributed by atoms with van der Waals surface area (Å²) in [6.07, 6.45) is 0.761. The van der Waals surface area contributed by atoms with Crippen LogP contribution in [0.3, 0.4) is 0 Å². The van der Waals surface area contributed by atoms with Crippen LogP contribution in [0.25, 0.3) is 0 Å². The van der Waals surface area contributed by atoms with E-state index in [0.717, 1.165) is 6.07 Å². The van der Waals surface area contributed by atoms with Gasteiger partial charge in [0.05, 0.1) is 11.1 Å². The first-order chi connectivity index (χ1) is 10.5. The third kappa shape index (κ3) is 3.05. The number of hydrogen-bond donors (Lipinski definition) is 1. The number of nitrogens with zero attached hydrogens (tertiary/aromatic N) is 2. The highest BCUT2D eigenvalue weighted by Crippen LogP contribution is 2.25. The van der Waals surface area contributed by atoms with E-state index in [1.54, 1.807) is 0 Å². The van der Waals surface area contributed by atoms with E-state index >= 15 is 0 Å². The standard InChI is InChI=1S/C14H12ClFN2O4/c15-10-3-8(16)1-2-12(10)21-7-13-17-11(6-22-13)14(20)18-4-9(19)5-18/h1-3,6,9,19H,4-5,7H2. The summed E-state index contributed by atoms with van der Waals surface area (Å²) < 4.78 is 23.4. The second-order valence-corrected chi connectivity index (χ2v) is 5.26. The van der Waals surface area contributed by atoms with E-state index in [1.807, 2.05) is 0 Å². The lowest BCUT2D eigenvalue weighted by Gasteiger charge is -2.35. The fraction of sp³-hybridized carbons (Fsp3) is 0.286. The van der Waals surface area contributed by atoms with Crippen molar-refractivity contribution in [2.45, 2.75) is 12.7 Å². The highest BCUT2D eigenvalue weighted by atomic mass is 35.5. The summed E-state index contributed by atoms with van der Waals surface area (Å²) in [5, 5.41) is 9.31. The molecule has 1 amide bonds. The number of aromatic nitrogens is 1. The van der Waals surface area contributed by atoms with Crippen molar-refractivity contribution in [3.63, 3.8) is 0 Å². The number of oxazole rings is 1. The van der Waals surface area contributed by atoms with Crippen LogP contribution in [-0.2, 0) is 6.61 Å². The van der Waals surface area contributed by atoms with Gasteiger partial charge in [-0.05, 0) is 18.2 Å². The molecule has 0 radical (unpaired) electrons. The maximum Gasteiger partial charge on any atom is 0.275 e. The van der Waals surface area contributed by atoms with Crippen LogP contribution in [0.1, 0.15) is 16.4 Å². The molecule has 1 saturated heterocycles. The average Bonchev–Trinajstić information content (AvgIpc) is 2.91. The molecule has 116 valence electrons. The number of likely N-dealkylation sites (tertiary alicyclic amines) is 1. The van der Waals surface area contributed by atoms with Crippen molar-refractivity contribution in [2.75, 3.05) is 13.1 Å². The molecule has 8 heteroatoms. The van der Waals surface area contributed by atoms with Gasteiger partial charge in [-0.3, -0.25) is 4.79 Å². The van der Waals surface area contributed by atoms with Gasteiger partial charge in [0.25, 0.3) is 5.91 Å². The first-order valence-electron chi connectivity index (χ1n) is 6.52. The Bertz CT molecular complexity index is 700. The lowest BCUT2D eigenvalue weighted by Crippen LogP contribution is -2.53. The number of β-amino-alcohol motifs (C(OH)–C–C–N with tert-alkyl or cyclic N) is 1. The van der Waals surface area contributed by atoms with Crippen LogP contribution in [0.5, 0.6) is 5.75 Å². The first kappa shape index (κ1) is 14.8. The first-order valence-corrected chi connectivity index (χ1v) is 6.90. The fourth-order valence-corrected chi connectivity index (χ4v) is 2.21. The minimum Gasteiger partial charge on any atom is -0.482 e. The number of hydrogen-bond acceptors (Lipinski definition) is 5. The number of halogens is 2. The number of carbonyl (C=O) groups is 1. The number of benzene rings is 1. The van der Waals surface area contributed by atoms with Gasteiger partial charge >= 0.3 is 0 Å². The largest absolute Gasteiger partial charge is 0.482 e. The topological polar surface area (TPSA) is 75.8 Å². The van der Waals surface area contributed by atoms with Gasteiger partial charge in [-0.25, -0.2) is 9.37 Å². The molecule has 1 aliphatic rings. The molecule has 0 unspecified atom stereocenters. The van der Waals surface area contributed by atoms with Crippen LogP contribution in [0, 0.1) is 5.82 Å². The average molecular weight is 327 g/mol.